The van der Waals surface area contributed by atoms with Crippen LogP contribution < -0.4 is 16.4 Å². The molecule has 0 saturated carbocycles. The highest BCUT2D eigenvalue weighted by Crippen LogP contribution is 2.20. The number of para-hydroxylation sites is 1. The molecule has 4 N–H and O–H groups in total. The minimum atomic E-state index is -0.575. The Hall–Kier alpha value is -3.68. The summed E-state index contributed by atoms with van der Waals surface area (Å²) in [6.45, 7) is 2.09. The van der Waals surface area contributed by atoms with Gasteiger partial charge in [0.2, 0.25) is 5.91 Å². The maximum Gasteiger partial charge on any atom is 0.324 e. The van der Waals surface area contributed by atoms with Crippen LogP contribution in [0, 0.1) is 5.82 Å². The van der Waals surface area contributed by atoms with Crippen molar-refractivity contribution < 1.29 is 14.0 Å². The van der Waals surface area contributed by atoms with Gasteiger partial charge in [0, 0.05) is 6.07 Å². The zero-order chi connectivity index (χ0) is 21.5. The fourth-order valence-electron chi connectivity index (χ4n) is 2.98. The summed E-state index contributed by atoms with van der Waals surface area (Å²) in [5, 5.41) is 9.84. The zero-order valence-electron chi connectivity index (χ0n) is 16.7. The number of unbranched alkanes of at least 4 members (excludes halogenated alkanes) is 1. The second-order valence-corrected chi connectivity index (χ2v) is 6.90. The Morgan fingerprint density at radius 1 is 1.10 bits per heavy atom. The smallest absolute Gasteiger partial charge is 0.324 e. The third kappa shape index (κ3) is 5.44. The maximum absolute atomic E-state index is 13.8. The van der Waals surface area contributed by atoms with Gasteiger partial charge in [-0.3, -0.25) is 10.1 Å². The summed E-state index contributed by atoms with van der Waals surface area (Å²) in [6, 6.07) is 14.3. The summed E-state index contributed by atoms with van der Waals surface area (Å²) in [6.07, 6.45) is 2.91. The topological polar surface area (TPSA) is 102 Å². The van der Waals surface area contributed by atoms with Crippen LogP contribution in [0.2, 0.25) is 0 Å². The molecular formula is C22H24FN5O2. The number of rotatable bonds is 8. The lowest BCUT2D eigenvalue weighted by atomic mass is 10.1. The number of hydrogen-bond donors (Lipinski definition) is 3. The van der Waals surface area contributed by atoms with Crippen LogP contribution in [0.5, 0.6) is 0 Å². The summed E-state index contributed by atoms with van der Waals surface area (Å²) in [7, 11) is 0. The van der Waals surface area contributed by atoms with Crippen molar-refractivity contribution in [2.24, 2.45) is 5.73 Å². The molecule has 0 aliphatic heterocycles. The van der Waals surface area contributed by atoms with Crippen molar-refractivity contribution in [3.63, 3.8) is 0 Å². The Balaban J connectivity index is 1.83. The molecule has 156 valence electrons. The summed E-state index contributed by atoms with van der Waals surface area (Å²) in [5.74, 6) is -0.469. The van der Waals surface area contributed by atoms with Crippen molar-refractivity contribution >= 4 is 23.4 Å². The number of aryl methyl sites for hydroxylation is 1. The molecule has 3 aromatic rings. The van der Waals surface area contributed by atoms with E-state index in [1.165, 1.54) is 12.1 Å². The fraction of sp³-hybridized carbons (Fsp3) is 0.227. The molecule has 3 rings (SSSR count). The predicted molar refractivity (Wildman–Crippen MR) is 114 cm³/mol. The SMILES string of the molecule is CCCCc1cc(NC(=O)Nc2ccccc2F)n(-c2ccc(CC(N)=O)cc2)n1. The van der Waals surface area contributed by atoms with Gasteiger partial charge in [-0.25, -0.2) is 13.9 Å². The van der Waals surface area contributed by atoms with Crippen molar-refractivity contribution in [3.05, 3.63) is 71.7 Å². The average Bonchev–Trinajstić information content (AvgIpc) is 3.10. The number of nitrogens with two attached hydrogens (primary N) is 1. The van der Waals surface area contributed by atoms with E-state index in [1.807, 2.05) is 0 Å². The van der Waals surface area contributed by atoms with Gasteiger partial charge in [-0.15, -0.1) is 0 Å². The average molecular weight is 409 g/mol. The molecule has 0 aliphatic rings. The summed E-state index contributed by atoms with van der Waals surface area (Å²) < 4.78 is 15.4. The second kappa shape index (κ2) is 9.69. The molecule has 8 heteroatoms. The molecule has 3 amide bonds. The van der Waals surface area contributed by atoms with Crippen LogP contribution in [0.15, 0.2) is 54.6 Å². The Bertz CT molecular complexity index is 1030. The summed E-state index contributed by atoms with van der Waals surface area (Å²) in [4.78, 5) is 23.5. The van der Waals surface area contributed by atoms with Crippen molar-refractivity contribution in [3.8, 4) is 5.69 Å². The number of carbonyl (C=O) groups excluding carboxylic acids is 2. The zero-order valence-corrected chi connectivity index (χ0v) is 16.7. The molecule has 0 unspecified atom stereocenters. The lowest BCUT2D eigenvalue weighted by molar-refractivity contribution is -0.117. The predicted octanol–water partition coefficient (Wildman–Crippen LogP) is 4.03. The molecule has 0 fully saturated rings. The van der Waals surface area contributed by atoms with E-state index < -0.39 is 17.8 Å². The van der Waals surface area contributed by atoms with Crippen LogP contribution in [0.1, 0.15) is 31.0 Å². The van der Waals surface area contributed by atoms with Crippen LogP contribution in [0.3, 0.4) is 0 Å². The largest absolute Gasteiger partial charge is 0.369 e. The molecule has 7 nitrogen and oxygen atoms in total. The molecule has 0 bridgehead atoms. The van der Waals surface area contributed by atoms with Gasteiger partial charge in [-0.1, -0.05) is 37.6 Å². The standard InChI is InChI=1S/C22H24FN5O2/c1-2-3-6-16-14-21(26-22(30)25-19-8-5-4-7-18(19)23)28(27-16)17-11-9-15(10-12-17)13-20(24)29/h4-5,7-12,14H,2-3,6,13H2,1H3,(H2,24,29)(H2,25,26,30). The van der Waals surface area contributed by atoms with Gasteiger partial charge in [0.25, 0.3) is 0 Å². The van der Waals surface area contributed by atoms with E-state index in [2.05, 4.69) is 22.7 Å². The first kappa shape index (κ1) is 21.0. The van der Waals surface area contributed by atoms with Gasteiger partial charge < -0.3 is 11.1 Å². The molecule has 1 heterocycles. The Labute approximate surface area is 174 Å². The van der Waals surface area contributed by atoms with Crippen LogP contribution >= 0.6 is 0 Å². The van der Waals surface area contributed by atoms with Crippen LogP contribution in [-0.2, 0) is 17.6 Å². The molecule has 0 radical (unpaired) electrons. The first-order valence-corrected chi connectivity index (χ1v) is 9.75. The number of aromatic nitrogens is 2. The Kier molecular flexibility index (Phi) is 6.79. The number of halogens is 1. The first-order valence-electron chi connectivity index (χ1n) is 9.75. The van der Waals surface area contributed by atoms with Gasteiger partial charge in [0.1, 0.15) is 11.6 Å². The number of benzene rings is 2. The lowest BCUT2D eigenvalue weighted by Gasteiger charge is -2.11. The number of hydrogen-bond acceptors (Lipinski definition) is 3. The summed E-state index contributed by atoms with van der Waals surface area (Å²) in [5.41, 5.74) is 7.66. The van der Waals surface area contributed by atoms with E-state index in [9.17, 15) is 14.0 Å². The van der Waals surface area contributed by atoms with Crippen molar-refractivity contribution in [1.82, 2.24) is 9.78 Å². The molecule has 0 atom stereocenters. The molecule has 1 aromatic heterocycles. The number of amides is 3. The number of nitrogens with zero attached hydrogens (tertiary/aromatic N) is 2. The van der Waals surface area contributed by atoms with E-state index in [0.29, 0.717) is 11.5 Å². The van der Waals surface area contributed by atoms with Gasteiger partial charge >= 0.3 is 6.03 Å². The molecule has 0 aliphatic carbocycles. The highest BCUT2D eigenvalue weighted by atomic mass is 19.1. The molecular weight excluding hydrogens is 385 g/mol. The van der Waals surface area contributed by atoms with E-state index in [4.69, 9.17) is 5.73 Å². The van der Waals surface area contributed by atoms with Crippen molar-refractivity contribution in [2.75, 3.05) is 10.6 Å². The van der Waals surface area contributed by atoms with Crippen molar-refractivity contribution in [2.45, 2.75) is 32.6 Å². The third-order valence-electron chi connectivity index (χ3n) is 4.47. The van der Waals surface area contributed by atoms with Crippen LogP contribution in [0.25, 0.3) is 5.69 Å². The van der Waals surface area contributed by atoms with E-state index >= 15 is 0 Å². The minimum absolute atomic E-state index is 0.0862. The number of primary amides is 1. The van der Waals surface area contributed by atoms with E-state index in [0.717, 1.165) is 30.5 Å². The quantitative estimate of drug-likeness (QED) is 0.523. The van der Waals surface area contributed by atoms with Gasteiger partial charge in [0.05, 0.1) is 23.5 Å². The van der Waals surface area contributed by atoms with Crippen LogP contribution in [-0.4, -0.2) is 21.7 Å². The number of carbonyl (C=O) groups is 2. The monoisotopic (exact) mass is 409 g/mol. The van der Waals surface area contributed by atoms with Gasteiger partial charge in [-0.05, 0) is 42.7 Å². The second-order valence-electron chi connectivity index (χ2n) is 6.90. The molecule has 0 spiro atoms. The third-order valence-corrected chi connectivity index (χ3v) is 4.47. The highest BCUT2D eigenvalue weighted by molar-refractivity contribution is 5.99. The number of nitrogens with one attached hydrogen (secondary N) is 2. The van der Waals surface area contributed by atoms with E-state index in [1.54, 1.807) is 47.1 Å². The van der Waals surface area contributed by atoms with Crippen LogP contribution in [0.4, 0.5) is 20.7 Å². The summed E-state index contributed by atoms with van der Waals surface area (Å²) >= 11 is 0. The maximum atomic E-state index is 13.8. The van der Waals surface area contributed by atoms with Gasteiger partial charge in [-0.2, -0.15) is 5.10 Å². The minimum Gasteiger partial charge on any atom is -0.369 e. The number of urea groups is 1. The van der Waals surface area contributed by atoms with E-state index in [-0.39, 0.29) is 12.1 Å². The number of anilines is 2. The Morgan fingerprint density at radius 2 is 1.83 bits per heavy atom. The fourth-order valence-corrected chi connectivity index (χ4v) is 2.98. The molecule has 30 heavy (non-hydrogen) atoms. The Morgan fingerprint density at radius 3 is 2.50 bits per heavy atom. The molecule has 0 saturated heterocycles. The normalized spacial score (nSPS) is 10.6. The first-order chi connectivity index (χ1) is 14.5. The molecule has 2 aromatic carbocycles. The highest BCUT2D eigenvalue weighted by Gasteiger charge is 2.14. The lowest BCUT2D eigenvalue weighted by Crippen LogP contribution is -2.21. The van der Waals surface area contributed by atoms with Crippen molar-refractivity contribution in [1.29, 1.82) is 0 Å². The van der Waals surface area contributed by atoms with Gasteiger partial charge in [0.15, 0.2) is 0 Å².